The largest absolute Gasteiger partial charge is 0.379 e. The molecule has 0 bridgehead atoms. The zero-order valence-corrected chi connectivity index (χ0v) is 20.4. The van der Waals surface area contributed by atoms with E-state index in [0.717, 1.165) is 17.2 Å². The third kappa shape index (κ3) is 4.55. The number of diazo groups is 1. The van der Waals surface area contributed by atoms with Gasteiger partial charge in [-0.15, -0.1) is 0 Å². The van der Waals surface area contributed by atoms with Crippen LogP contribution in [0.2, 0.25) is 0 Å². The Bertz CT molecular complexity index is 1900. The molecule has 0 heterocycles. The Balaban J connectivity index is 1.84. The van der Waals surface area contributed by atoms with Crippen LogP contribution in [0.4, 0.5) is 0 Å². The second-order valence-electron chi connectivity index (χ2n) is 8.47. The molecule has 0 amide bonds. The van der Waals surface area contributed by atoms with Crippen molar-refractivity contribution in [3.8, 4) is 5.75 Å². The van der Waals surface area contributed by atoms with Crippen molar-refractivity contribution in [2.45, 2.75) is 24.2 Å². The van der Waals surface area contributed by atoms with Crippen molar-refractivity contribution in [1.82, 2.24) is 0 Å². The van der Waals surface area contributed by atoms with E-state index in [-0.39, 0.29) is 21.9 Å². The van der Waals surface area contributed by atoms with Crippen LogP contribution >= 0.6 is 0 Å². The van der Waals surface area contributed by atoms with Crippen molar-refractivity contribution in [1.29, 1.82) is 5.39 Å². The highest BCUT2D eigenvalue weighted by molar-refractivity contribution is 7.87. The average Bonchev–Trinajstić information content (AvgIpc) is 2.89. The second-order valence-corrected chi connectivity index (χ2v) is 9.98. The maximum atomic E-state index is 13.3. The number of hydrogen-bond acceptors (Lipinski definition) is 8. The van der Waals surface area contributed by atoms with E-state index in [9.17, 15) is 18.0 Å². The lowest BCUT2D eigenvalue weighted by Crippen LogP contribution is -2.48. The minimum Gasteiger partial charge on any atom is -0.379 e. The SMILES string of the molecule is CC(C)(c1ccccc1)c1ccc(OS(=O)(=O)c2cccc3c(=O)c(=O)c(=NN=[N-])c(=N[N+]#N)c23)cc1. The summed E-state index contributed by atoms with van der Waals surface area (Å²) in [5.41, 5.74) is 8.10. The summed E-state index contributed by atoms with van der Waals surface area (Å²) in [7, 11) is -4.60. The van der Waals surface area contributed by atoms with Crippen molar-refractivity contribution < 1.29 is 12.6 Å². The number of benzene rings is 4. The first-order valence-electron chi connectivity index (χ1n) is 10.8. The number of fused-ring (bicyclic) bond motifs is 1. The molecule has 0 aliphatic carbocycles. The zero-order chi connectivity index (χ0) is 26.8. The van der Waals surface area contributed by atoms with Gasteiger partial charge in [0.05, 0.1) is 5.36 Å². The first-order chi connectivity index (χ1) is 17.6. The summed E-state index contributed by atoms with van der Waals surface area (Å²) in [6, 6.07) is 19.9. The van der Waals surface area contributed by atoms with Gasteiger partial charge in [0.1, 0.15) is 10.6 Å². The molecule has 0 spiro atoms. The fourth-order valence-corrected chi connectivity index (χ4v) is 5.18. The monoisotopic (exact) mass is 514 g/mol. The fourth-order valence-electron chi connectivity index (χ4n) is 4.03. The molecule has 0 saturated heterocycles. The van der Waals surface area contributed by atoms with Crippen LogP contribution in [0.25, 0.3) is 21.4 Å². The van der Waals surface area contributed by atoms with Crippen molar-refractivity contribution >= 4 is 20.9 Å². The molecular weight excluding hydrogens is 496 g/mol. The minimum absolute atomic E-state index is 0.00647. The van der Waals surface area contributed by atoms with E-state index >= 15 is 0 Å². The van der Waals surface area contributed by atoms with E-state index < -0.39 is 36.6 Å². The van der Waals surface area contributed by atoms with Crippen LogP contribution in [0.3, 0.4) is 0 Å². The molecule has 4 aromatic rings. The van der Waals surface area contributed by atoms with Crippen molar-refractivity contribution in [2.24, 2.45) is 15.4 Å². The predicted molar refractivity (Wildman–Crippen MR) is 134 cm³/mol. The molecule has 0 aliphatic rings. The summed E-state index contributed by atoms with van der Waals surface area (Å²) in [5.74, 6) is -0.00647. The van der Waals surface area contributed by atoms with Crippen LogP contribution in [0, 0.1) is 5.39 Å². The van der Waals surface area contributed by atoms with Gasteiger partial charge in [-0.05, 0) is 29.3 Å². The zero-order valence-electron chi connectivity index (χ0n) is 19.6. The van der Waals surface area contributed by atoms with Gasteiger partial charge in [0, 0.05) is 16.2 Å². The topological polar surface area (TPSA) is 165 Å². The van der Waals surface area contributed by atoms with Crippen LogP contribution in [-0.4, -0.2) is 8.42 Å². The molecule has 0 fully saturated rings. The smallest absolute Gasteiger partial charge is 0.339 e. The first kappa shape index (κ1) is 25.2. The van der Waals surface area contributed by atoms with Gasteiger partial charge < -0.3 is 14.8 Å². The number of rotatable bonds is 6. The molecule has 0 N–H and O–H groups in total. The maximum Gasteiger partial charge on any atom is 0.339 e. The standard InChI is InChI=1S/C25H18N6O5S/c1-25(2,15-7-4-3-5-8-15)16-11-13-17(14-12-16)36-37(34,35)19-10-6-9-18-20(19)21(28-30-26)22(29-31-27)24(33)23(18)32/h3-14H,1-2H3. The van der Waals surface area contributed by atoms with Crippen LogP contribution in [0.15, 0.2) is 103 Å². The third-order valence-corrected chi connectivity index (χ3v) is 7.28. The minimum atomic E-state index is -4.60. The quantitative estimate of drug-likeness (QED) is 0.126. The molecule has 0 atom stereocenters. The first-order valence-corrected chi connectivity index (χ1v) is 12.2. The number of hydrogen-bond donors (Lipinski definition) is 0. The summed E-state index contributed by atoms with van der Waals surface area (Å²) in [4.78, 5) is 24.5. The molecule has 0 radical (unpaired) electrons. The summed E-state index contributed by atoms with van der Waals surface area (Å²) in [6.45, 7) is 4.07. The van der Waals surface area contributed by atoms with Crippen LogP contribution < -0.4 is 25.8 Å². The lowest BCUT2D eigenvalue weighted by Gasteiger charge is -2.26. The lowest BCUT2D eigenvalue weighted by molar-refractivity contribution is 0.486. The fraction of sp³-hybridized carbons (Fsp3) is 0.120. The van der Waals surface area contributed by atoms with E-state index in [1.807, 2.05) is 44.2 Å². The highest BCUT2D eigenvalue weighted by Crippen LogP contribution is 2.32. The van der Waals surface area contributed by atoms with Crippen LogP contribution in [0.1, 0.15) is 25.0 Å². The van der Waals surface area contributed by atoms with Crippen LogP contribution in [-0.2, 0) is 15.5 Å². The number of nitrogens with zero attached hydrogens (tertiary/aromatic N) is 6. The van der Waals surface area contributed by atoms with Gasteiger partial charge in [0.15, 0.2) is 10.5 Å². The van der Waals surface area contributed by atoms with Gasteiger partial charge in [-0.1, -0.05) is 68.4 Å². The van der Waals surface area contributed by atoms with Crippen LogP contribution in [0.5, 0.6) is 5.75 Å². The Hall–Kier alpha value is -4.89. The van der Waals surface area contributed by atoms with Gasteiger partial charge in [-0.3, -0.25) is 14.8 Å². The highest BCUT2D eigenvalue weighted by atomic mass is 32.2. The molecule has 0 aromatic heterocycles. The summed E-state index contributed by atoms with van der Waals surface area (Å²) in [5, 5.41) is 18.5. The average molecular weight is 515 g/mol. The van der Waals surface area contributed by atoms with E-state index in [2.05, 4.69) is 20.5 Å². The molecule has 0 aliphatic heterocycles. The third-order valence-electron chi connectivity index (χ3n) is 5.99. The summed E-state index contributed by atoms with van der Waals surface area (Å²) in [6.07, 6.45) is 0. The summed E-state index contributed by atoms with van der Waals surface area (Å²) >= 11 is 0. The molecular formula is C25H18N6O5S. The Morgan fingerprint density at radius 2 is 1.51 bits per heavy atom. The van der Waals surface area contributed by atoms with E-state index in [4.69, 9.17) is 15.1 Å². The maximum absolute atomic E-state index is 13.3. The van der Waals surface area contributed by atoms with Gasteiger partial charge >= 0.3 is 15.2 Å². The Morgan fingerprint density at radius 1 is 0.865 bits per heavy atom. The molecule has 11 nitrogen and oxygen atoms in total. The van der Waals surface area contributed by atoms with E-state index in [1.165, 1.54) is 24.3 Å². The molecule has 0 saturated carbocycles. The molecule has 4 rings (SSSR count). The molecule has 184 valence electrons. The van der Waals surface area contributed by atoms with Crippen molar-refractivity contribution in [3.63, 3.8) is 0 Å². The van der Waals surface area contributed by atoms with Crippen molar-refractivity contribution in [2.75, 3.05) is 0 Å². The second kappa shape index (κ2) is 9.63. The van der Waals surface area contributed by atoms with E-state index in [1.54, 1.807) is 12.1 Å². The van der Waals surface area contributed by atoms with Crippen molar-refractivity contribution in [3.05, 3.63) is 126 Å². The Morgan fingerprint density at radius 3 is 2.14 bits per heavy atom. The normalized spacial score (nSPS) is 12.9. The van der Waals surface area contributed by atoms with Gasteiger partial charge in [0.2, 0.25) is 10.9 Å². The van der Waals surface area contributed by atoms with Gasteiger partial charge in [0.25, 0.3) is 5.39 Å². The predicted octanol–water partition coefficient (Wildman–Crippen LogP) is 3.04. The molecule has 0 unspecified atom stereocenters. The van der Waals surface area contributed by atoms with Gasteiger partial charge in [-0.2, -0.15) is 8.42 Å². The Labute approximate surface area is 210 Å². The molecule has 4 aromatic carbocycles. The van der Waals surface area contributed by atoms with Gasteiger partial charge in [-0.25, -0.2) is 0 Å². The molecule has 12 heteroatoms. The van der Waals surface area contributed by atoms with E-state index in [0.29, 0.717) is 0 Å². The molecule has 37 heavy (non-hydrogen) atoms. The summed E-state index contributed by atoms with van der Waals surface area (Å²) < 4.78 is 31.9. The Kier molecular flexibility index (Phi) is 6.56. The highest BCUT2D eigenvalue weighted by Gasteiger charge is 2.26. The lowest BCUT2D eigenvalue weighted by atomic mass is 9.78.